The first-order valence-electron chi connectivity index (χ1n) is 38.3. The average Bonchev–Trinajstić information content (AvgIpc) is 0.797. The van der Waals surface area contributed by atoms with E-state index in [1.807, 2.05) is 6.08 Å². The minimum Gasteiger partial charge on any atom is -0.394 e. The van der Waals surface area contributed by atoms with E-state index in [1.54, 1.807) is 6.08 Å². The molecule has 0 aliphatic carbocycles. The van der Waals surface area contributed by atoms with E-state index in [-0.39, 0.29) is 18.9 Å². The van der Waals surface area contributed by atoms with Crippen LogP contribution in [0.4, 0.5) is 0 Å². The Morgan fingerprint density at radius 3 is 1.15 bits per heavy atom. The third-order valence-electron chi connectivity index (χ3n) is 18.7. The lowest BCUT2D eigenvalue weighted by Crippen LogP contribution is -2.66. The summed E-state index contributed by atoms with van der Waals surface area (Å²) < 4.78 is 34.4. The second-order valence-electron chi connectivity index (χ2n) is 27.1. The minimum atomic E-state index is -1.99. The van der Waals surface area contributed by atoms with Gasteiger partial charge in [0.25, 0.3) is 0 Å². The lowest BCUT2D eigenvalue weighted by atomic mass is 9.96. The smallest absolute Gasteiger partial charge is 0.220 e. The summed E-state index contributed by atoms with van der Waals surface area (Å²) in [4.78, 5) is 13.5. The van der Waals surface area contributed by atoms with E-state index >= 15 is 0 Å². The zero-order chi connectivity index (χ0) is 70.4. The Labute approximate surface area is 584 Å². The van der Waals surface area contributed by atoms with Gasteiger partial charge in [-0.05, 0) is 83.5 Å². The number of hydrogen-bond acceptors (Lipinski definition) is 18. The van der Waals surface area contributed by atoms with Gasteiger partial charge in [0.15, 0.2) is 18.9 Å². The Kier molecular flexibility index (Phi) is 53.2. The van der Waals surface area contributed by atoms with Crippen molar-refractivity contribution in [1.82, 2.24) is 5.32 Å². The van der Waals surface area contributed by atoms with Crippen LogP contribution in [0.1, 0.15) is 271 Å². The number of carbonyl (C=O) groups is 1. The summed E-state index contributed by atoms with van der Waals surface area (Å²) in [5, 5.41) is 121. The van der Waals surface area contributed by atoms with Gasteiger partial charge >= 0.3 is 0 Å². The molecule has 3 aliphatic heterocycles. The number of rotatable bonds is 59. The van der Waals surface area contributed by atoms with Crippen LogP contribution in [0.15, 0.2) is 85.1 Å². The zero-order valence-electron chi connectivity index (χ0n) is 59.8. The number of unbranched alkanes of at least 4 members (excludes halogenated alkanes) is 31. The minimum absolute atomic E-state index is 0.225. The normalized spacial score (nSPS) is 27.4. The molecule has 0 spiro atoms. The summed E-state index contributed by atoms with van der Waals surface area (Å²) in [5.74, 6) is -0.293. The molecule has 3 heterocycles. The number of aliphatic hydroxyl groups excluding tert-OH is 11. The van der Waals surface area contributed by atoms with Crippen LogP contribution in [0.25, 0.3) is 0 Å². The standard InChI is InChI=1S/C78H137NO18/c1-3-5-7-9-11-13-15-17-19-21-23-25-27-29-30-32-33-35-37-39-41-43-45-47-49-51-53-55-62(83)61(79-66(84)56-54-52-50-48-46-44-42-40-38-36-34-31-28-26-24-22-20-18-16-14-12-10-8-6-4-2)60-92-76-72(90)69(87)74(64(58-81)94-76)97-78-73(91)70(88)75(65(59-82)95-78)96-77-71(89)68(86)67(85)63(57-80)93-77/h6,8,12,14,18,20,24,26,37,39,45,47,53,55,61-65,67-78,80-83,85-91H,3-5,7,9-11,13,15-17,19,21-23,25,27-36,38,40-44,46,48-52,54,56-60H2,1-2H3,(H,79,84)/b8-6-,14-12-,20-18-,26-24-,39-37+,47-45+,55-53+. The molecule has 0 saturated carbocycles. The van der Waals surface area contributed by atoms with Crippen molar-refractivity contribution in [2.24, 2.45) is 0 Å². The maximum absolute atomic E-state index is 13.5. The van der Waals surface area contributed by atoms with Gasteiger partial charge in [0, 0.05) is 6.42 Å². The molecule has 19 heteroatoms. The van der Waals surface area contributed by atoms with Gasteiger partial charge in [0.05, 0.1) is 38.6 Å². The number of nitrogens with one attached hydrogen (secondary N) is 1. The fourth-order valence-electron chi connectivity index (χ4n) is 12.5. The highest BCUT2D eigenvalue weighted by atomic mass is 16.8. The third-order valence-corrected chi connectivity index (χ3v) is 18.7. The first-order chi connectivity index (χ1) is 47.3. The Morgan fingerprint density at radius 2 is 0.722 bits per heavy atom. The highest BCUT2D eigenvalue weighted by molar-refractivity contribution is 5.76. The fraction of sp³-hybridized carbons (Fsp3) is 0.808. The Bertz CT molecular complexity index is 2080. The molecular weight excluding hydrogens is 1240 g/mol. The van der Waals surface area contributed by atoms with Gasteiger partial charge < -0.3 is 89.9 Å². The number of aliphatic hydroxyl groups is 11. The molecular formula is C78H137NO18. The van der Waals surface area contributed by atoms with Crippen LogP contribution in [-0.4, -0.2) is 193 Å². The van der Waals surface area contributed by atoms with Gasteiger partial charge in [-0.25, -0.2) is 0 Å². The Morgan fingerprint density at radius 1 is 0.381 bits per heavy atom. The van der Waals surface area contributed by atoms with Crippen LogP contribution in [0.5, 0.6) is 0 Å². The van der Waals surface area contributed by atoms with Crippen molar-refractivity contribution < 1.29 is 89.4 Å². The molecule has 97 heavy (non-hydrogen) atoms. The van der Waals surface area contributed by atoms with Crippen LogP contribution in [0.2, 0.25) is 0 Å². The SMILES string of the molecule is CC/C=C\C/C=C\C/C=C\C/C=C\CCCCCCCCCCCCCCC(=O)NC(COC1OC(CO)C(OC2OC(CO)C(OC3OC(CO)C(O)C(O)C3O)C(O)C2O)C(O)C1O)C(O)/C=C/CC/C=C/CC/C=C/CCCCCCCCCCCCCCCCCCC. The van der Waals surface area contributed by atoms with Crippen molar-refractivity contribution in [3.8, 4) is 0 Å². The largest absolute Gasteiger partial charge is 0.394 e. The van der Waals surface area contributed by atoms with Gasteiger partial charge in [-0.3, -0.25) is 4.79 Å². The van der Waals surface area contributed by atoms with E-state index in [2.05, 4.69) is 92.1 Å². The number of allylic oxidation sites excluding steroid dienone is 13. The van der Waals surface area contributed by atoms with E-state index in [0.717, 1.165) is 83.5 Å². The van der Waals surface area contributed by atoms with Crippen LogP contribution < -0.4 is 5.32 Å². The van der Waals surface area contributed by atoms with Crippen LogP contribution >= 0.6 is 0 Å². The molecule has 3 saturated heterocycles. The Hall–Kier alpha value is -3.03. The first kappa shape index (κ1) is 88.2. The fourth-order valence-corrected chi connectivity index (χ4v) is 12.5. The van der Waals surface area contributed by atoms with Crippen LogP contribution in [-0.2, 0) is 33.2 Å². The molecule has 0 aromatic heterocycles. The summed E-state index contributed by atoms with van der Waals surface area (Å²) >= 11 is 0. The van der Waals surface area contributed by atoms with Crippen molar-refractivity contribution in [1.29, 1.82) is 0 Å². The van der Waals surface area contributed by atoms with E-state index in [1.165, 1.54) is 154 Å². The molecule has 3 aliphatic rings. The van der Waals surface area contributed by atoms with E-state index in [0.29, 0.717) is 12.8 Å². The van der Waals surface area contributed by atoms with Crippen molar-refractivity contribution in [2.75, 3.05) is 26.4 Å². The summed E-state index contributed by atoms with van der Waals surface area (Å²) in [6.45, 7) is 1.61. The molecule has 19 nitrogen and oxygen atoms in total. The van der Waals surface area contributed by atoms with E-state index < -0.39 is 124 Å². The highest BCUT2D eigenvalue weighted by Crippen LogP contribution is 2.33. The zero-order valence-corrected chi connectivity index (χ0v) is 59.8. The maximum atomic E-state index is 13.5. The first-order valence-corrected chi connectivity index (χ1v) is 38.3. The molecule has 1 amide bonds. The van der Waals surface area contributed by atoms with Crippen molar-refractivity contribution >= 4 is 5.91 Å². The van der Waals surface area contributed by atoms with Crippen LogP contribution in [0.3, 0.4) is 0 Å². The second kappa shape index (κ2) is 58.5. The number of amides is 1. The molecule has 562 valence electrons. The summed E-state index contributed by atoms with van der Waals surface area (Å²) in [5.41, 5.74) is 0. The monoisotopic (exact) mass is 1380 g/mol. The maximum Gasteiger partial charge on any atom is 0.220 e. The lowest BCUT2D eigenvalue weighted by molar-refractivity contribution is -0.379. The van der Waals surface area contributed by atoms with E-state index in [9.17, 15) is 61.0 Å². The van der Waals surface area contributed by atoms with Crippen LogP contribution in [0, 0.1) is 0 Å². The molecule has 3 rings (SSSR count). The molecule has 17 atom stereocenters. The van der Waals surface area contributed by atoms with Gasteiger partial charge in [-0.1, -0.05) is 266 Å². The highest BCUT2D eigenvalue weighted by Gasteiger charge is 2.53. The third kappa shape index (κ3) is 39.3. The molecule has 0 aromatic carbocycles. The molecule has 0 aromatic rings. The van der Waals surface area contributed by atoms with Gasteiger partial charge in [-0.2, -0.15) is 0 Å². The Balaban J connectivity index is 1.42. The number of hydrogen-bond donors (Lipinski definition) is 12. The molecule has 0 bridgehead atoms. The van der Waals surface area contributed by atoms with Crippen molar-refractivity contribution in [3.05, 3.63) is 85.1 Å². The van der Waals surface area contributed by atoms with Gasteiger partial charge in [-0.15, -0.1) is 0 Å². The predicted octanol–water partition coefficient (Wildman–Crippen LogP) is 11.8. The topological polar surface area (TPSA) is 307 Å². The van der Waals surface area contributed by atoms with E-state index in [4.69, 9.17) is 28.4 Å². The lowest BCUT2D eigenvalue weighted by Gasteiger charge is -2.48. The molecule has 0 radical (unpaired) electrons. The summed E-state index contributed by atoms with van der Waals surface area (Å²) in [6.07, 6.45) is 49.9. The summed E-state index contributed by atoms with van der Waals surface area (Å²) in [7, 11) is 0. The summed E-state index contributed by atoms with van der Waals surface area (Å²) in [6, 6.07) is -1.00. The van der Waals surface area contributed by atoms with Crippen molar-refractivity contribution in [2.45, 2.75) is 375 Å². The van der Waals surface area contributed by atoms with Crippen molar-refractivity contribution in [3.63, 3.8) is 0 Å². The molecule has 3 fully saturated rings. The van der Waals surface area contributed by atoms with Gasteiger partial charge in [0.2, 0.25) is 5.91 Å². The van der Waals surface area contributed by atoms with Gasteiger partial charge in [0.1, 0.15) is 73.2 Å². The average molecular weight is 1380 g/mol. The quantitative estimate of drug-likeness (QED) is 0.0199. The number of ether oxygens (including phenoxy) is 6. The molecule has 12 N–H and O–H groups in total. The predicted molar refractivity (Wildman–Crippen MR) is 383 cm³/mol. The molecule has 17 unspecified atom stereocenters. The second-order valence-corrected chi connectivity index (χ2v) is 27.1. The number of carbonyl (C=O) groups excluding carboxylic acids is 1.